The lowest BCUT2D eigenvalue weighted by Crippen LogP contribution is -2.30. The Morgan fingerprint density at radius 2 is 1.40 bits per heavy atom. The molecule has 0 N–H and O–H groups in total. The van der Waals surface area contributed by atoms with E-state index in [0.717, 1.165) is 0 Å². The minimum absolute atomic E-state index is 2.88. The molecule has 0 radical (unpaired) electrons. The highest BCUT2D eigenvalue weighted by molar-refractivity contribution is 7.89. The van der Waals surface area contributed by atoms with Crippen molar-refractivity contribution < 1.29 is 30.6 Å². The van der Waals surface area contributed by atoms with Gasteiger partial charge in [-0.25, -0.2) is 0 Å². The largest absolute Gasteiger partial charge is 0.516 e. The quantitative estimate of drug-likeness (QED) is 0.449. The van der Waals surface area contributed by atoms with E-state index in [1.807, 2.05) is 0 Å². The molecule has 0 aromatic rings. The molecule has 0 aliphatic carbocycles. The molecule has 0 rings (SSSR count). The topological polar surface area (TPSA) is 37.4 Å². The van der Waals surface area contributed by atoms with Crippen LogP contribution < -0.4 is 0 Å². The van der Waals surface area contributed by atoms with E-state index in [0.29, 0.717) is 0 Å². The Balaban J connectivity index is 4.79. The van der Waals surface area contributed by atoms with Crippen molar-refractivity contribution in [3.63, 3.8) is 0 Å². The molecule has 0 fully saturated rings. The van der Waals surface area contributed by atoms with Crippen molar-refractivity contribution in [2.24, 2.45) is 0 Å². The molecule has 0 saturated carbocycles. The molecule has 0 atom stereocenters. The van der Waals surface area contributed by atoms with Gasteiger partial charge in [0, 0.05) is 0 Å². The van der Waals surface area contributed by atoms with Crippen LogP contribution in [0.25, 0.3) is 0 Å². The van der Waals surface area contributed by atoms with Gasteiger partial charge in [0.2, 0.25) is 0 Å². The fourth-order valence-electron chi connectivity index (χ4n) is 0.0782. The molecule has 0 heterocycles. The highest BCUT2D eigenvalue weighted by Crippen LogP contribution is 2.26. The lowest BCUT2D eigenvalue weighted by atomic mass is 11.6. The predicted octanol–water partition coefficient (Wildman–Crippen LogP) is 0.907. The molecule has 0 aliphatic rings. The maximum absolute atomic E-state index is 11.0. The first-order chi connectivity index (χ1) is 4.19. The van der Waals surface area contributed by atoms with Crippen LogP contribution in [0.4, 0.5) is 22.1 Å². The smallest absolute Gasteiger partial charge is 0.198 e. The highest BCUT2D eigenvalue weighted by Gasteiger charge is 2.52. The predicted molar refractivity (Wildman–Crippen MR) is 19.0 cm³/mol. The summed E-state index contributed by atoms with van der Waals surface area (Å²) in [6.45, 7) is 0. The number of halogens is 5. The van der Waals surface area contributed by atoms with E-state index in [1.54, 1.807) is 0 Å². The molecule has 0 saturated heterocycles. The molecule has 10 heavy (non-hydrogen) atoms. The van der Waals surface area contributed by atoms with Crippen molar-refractivity contribution >= 4 is 10.0 Å². The maximum Gasteiger partial charge on any atom is 0.516 e. The Morgan fingerprint density at radius 1 is 1.10 bits per heavy atom. The van der Waals surface area contributed by atoms with Crippen molar-refractivity contribution in [1.29, 1.82) is 0 Å². The van der Waals surface area contributed by atoms with E-state index in [4.69, 9.17) is 0 Å². The number of alkyl halides is 3. The minimum atomic E-state index is -6.41. The first-order valence-corrected chi connectivity index (χ1v) is 3.07. The summed E-state index contributed by atoms with van der Waals surface area (Å²) >= 11 is 0. The second-order valence-electron chi connectivity index (χ2n) is 1.12. The molecule has 0 aliphatic heterocycles. The van der Waals surface area contributed by atoms with Crippen LogP contribution >= 0.6 is 0 Å². The molecule has 62 valence electrons. The van der Waals surface area contributed by atoms with E-state index in [9.17, 15) is 30.6 Å². The lowest BCUT2D eigenvalue weighted by Gasteiger charge is -2.05. The van der Waals surface area contributed by atoms with Gasteiger partial charge in [-0.3, -0.25) is 0 Å². The number of sulfonamides is 1. The van der Waals surface area contributed by atoms with Crippen molar-refractivity contribution in [3.8, 4) is 0 Å². The fraction of sp³-hybridized carbons (Fsp3) is 1.00. The molecule has 3 nitrogen and oxygen atoms in total. The van der Waals surface area contributed by atoms with E-state index in [1.165, 1.54) is 0 Å². The van der Waals surface area contributed by atoms with E-state index in [2.05, 4.69) is 0 Å². The van der Waals surface area contributed by atoms with Gasteiger partial charge < -0.3 is 0 Å². The van der Waals surface area contributed by atoms with Gasteiger partial charge in [0.05, 0.1) is 0 Å². The Hall–Kier alpha value is -0.440. The van der Waals surface area contributed by atoms with Crippen molar-refractivity contribution in [3.05, 3.63) is 0 Å². The minimum Gasteiger partial charge on any atom is -0.198 e. The molecule has 0 bridgehead atoms. The fourth-order valence-corrected chi connectivity index (χ4v) is 0.235. The van der Waals surface area contributed by atoms with Gasteiger partial charge in [-0.2, -0.15) is 21.6 Å². The Bertz CT molecular complexity index is 202. The highest BCUT2D eigenvalue weighted by atomic mass is 32.2. The summed E-state index contributed by atoms with van der Waals surface area (Å²) in [4.78, 5) is 0. The molecular weight excluding hydrogens is 185 g/mol. The van der Waals surface area contributed by atoms with Crippen molar-refractivity contribution in [2.75, 3.05) is 0 Å². The molecule has 0 aromatic carbocycles. The number of nitrogens with zero attached hydrogens (tertiary/aromatic N) is 1. The second kappa shape index (κ2) is 2.31. The van der Waals surface area contributed by atoms with Gasteiger partial charge in [-0.15, -0.1) is 0 Å². The summed E-state index contributed by atoms with van der Waals surface area (Å²) in [7, 11) is -6.41. The van der Waals surface area contributed by atoms with E-state index < -0.39 is 20.3 Å². The molecule has 0 unspecified atom stereocenters. The average Bonchev–Trinajstić information content (AvgIpc) is 1.62. The number of rotatable bonds is 1. The Kier molecular flexibility index (Phi) is 2.21. The normalized spacial score (nSPS) is 14.2. The van der Waals surface area contributed by atoms with Crippen molar-refractivity contribution in [2.45, 2.75) is 5.51 Å². The Morgan fingerprint density at radius 3 is 1.40 bits per heavy atom. The number of hydrogen-bond acceptors (Lipinski definition) is 2. The van der Waals surface area contributed by atoms with Crippen LogP contribution in [0.2, 0.25) is 0 Å². The van der Waals surface area contributed by atoms with Crippen LogP contribution in [0, 0.1) is 0 Å². The van der Waals surface area contributed by atoms with Gasteiger partial charge in [0.25, 0.3) is 0 Å². The van der Waals surface area contributed by atoms with E-state index >= 15 is 0 Å². The molecule has 9 heteroatoms. The van der Waals surface area contributed by atoms with Crippen LogP contribution in [0.1, 0.15) is 0 Å². The summed E-state index contributed by atoms with van der Waals surface area (Å²) in [5, 5.41) is 0. The third-order valence-electron chi connectivity index (χ3n) is 0.474. The maximum atomic E-state index is 11.0. The lowest BCUT2D eigenvalue weighted by molar-refractivity contribution is -0.100. The monoisotopic (exact) mass is 185 g/mol. The first kappa shape index (κ1) is 9.56. The van der Waals surface area contributed by atoms with Crippen LogP contribution in [0.5, 0.6) is 0 Å². The zero-order valence-electron chi connectivity index (χ0n) is 4.06. The average molecular weight is 185 g/mol. The summed E-state index contributed by atoms with van der Waals surface area (Å²) in [6.07, 6.45) is 0. The van der Waals surface area contributed by atoms with Gasteiger partial charge in [-0.05, 0) is 0 Å². The van der Waals surface area contributed by atoms with Gasteiger partial charge in [0.1, 0.15) is 4.75 Å². The second-order valence-corrected chi connectivity index (χ2v) is 2.81. The van der Waals surface area contributed by atoms with Crippen LogP contribution in [0.15, 0.2) is 0 Å². The summed E-state index contributed by atoms with van der Waals surface area (Å²) in [5.74, 6) is 0. The number of hydrogen-bond donors (Lipinski definition) is 0. The Labute approximate surface area is 52.0 Å². The summed E-state index contributed by atoms with van der Waals surface area (Å²) in [5.41, 5.74) is -5.93. The van der Waals surface area contributed by atoms with Gasteiger partial charge in [0.15, 0.2) is 0 Å². The SMILES string of the molecule is O=S(=O)(N(F)F)C(F)(F)F. The zero-order chi connectivity index (χ0) is 8.58. The zero-order valence-corrected chi connectivity index (χ0v) is 4.88. The summed E-state index contributed by atoms with van der Waals surface area (Å²) in [6, 6.07) is 0. The van der Waals surface area contributed by atoms with Gasteiger partial charge >= 0.3 is 15.5 Å². The standard InChI is InChI=1S/CF5NO2S/c2-1(3,4)10(8,9)7(5)6. The van der Waals surface area contributed by atoms with E-state index in [-0.39, 0.29) is 0 Å². The van der Waals surface area contributed by atoms with Crippen LogP contribution in [-0.2, 0) is 10.0 Å². The third kappa shape index (κ3) is 1.53. The molecular formula is CF5NO2S. The van der Waals surface area contributed by atoms with Crippen LogP contribution in [0.3, 0.4) is 0 Å². The van der Waals surface area contributed by atoms with Crippen LogP contribution in [-0.4, -0.2) is 18.7 Å². The van der Waals surface area contributed by atoms with Gasteiger partial charge in [-0.1, -0.05) is 8.96 Å². The molecule has 0 aromatic heterocycles. The first-order valence-electron chi connectivity index (χ1n) is 1.63. The van der Waals surface area contributed by atoms with Crippen molar-refractivity contribution in [1.82, 2.24) is 4.75 Å². The summed E-state index contributed by atoms with van der Waals surface area (Å²) < 4.78 is 70.5. The molecule has 0 amide bonds. The third-order valence-corrected chi connectivity index (χ3v) is 1.42. The molecule has 0 spiro atoms.